The monoisotopic (exact) mass is 230 g/mol. The molecule has 0 aromatic rings. The molecular weight excluding hydrogens is 212 g/mol. The van der Waals surface area contributed by atoms with Gasteiger partial charge < -0.3 is 9.47 Å². The number of hydrogen-bond acceptors (Lipinski definition) is 4. The third-order valence-electron chi connectivity index (χ3n) is 3.11. The van der Waals surface area contributed by atoms with E-state index >= 15 is 0 Å². The van der Waals surface area contributed by atoms with Gasteiger partial charge in [0, 0.05) is 12.8 Å². The molecule has 1 aliphatic carbocycles. The average molecular weight is 230 g/mol. The van der Waals surface area contributed by atoms with Gasteiger partial charge in [-0.25, -0.2) is 4.79 Å². The van der Waals surface area contributed by atoms with E-state index in [1.54, 1.807) is 11.8 Å². The lowest BCUT2D eigenvalue weighted by Gasteiger charge is -2.30. The van der Waals surface area contributed by atoms with Crippen molar-refractivity contribution in [2.24, 2.45) is 0 Å². The van der Waals surface area contributed by atoms with E-state index in [0.29, 0.717) is 0 Å². The number of hydrogen-bond donors (Lipinski definition) is 0. The minimum absolute atomic E-state index is 0.147. The first kappa shape index (κ1) is 11.3. The van der Waals surface area contributed by atoms with Crippen LogP contribution in [0.2, 0.25) is 0 Å². The molecule has 1 spiro atoms. The second kappa shape index (κ2) is 4.74. The third kappa shape index (κ3) is 2.48. The van der Waals surface area contributed by atoms with Gasteiger partial charge in [-0.15, -0.1) is 0 Å². The van der Waals surface area contributed by atoms with Crippen LogP contribution in [0.3, 0.4) is 0 Å². The number of carbonyl (C=O) groups is 1. The Morgan fingerprint density at radius 3 is 2.80 bits per heavy atom. The molecule has 0 aromatic carbocycles. The maximum absolute atomic E-state index is 11.6. The van der Waals surface area contributed by atoms with Crippen LogP contribution in [0.15, 0.2) is 0 Å². The van der Waals surface area contributed by atoms with Crippen molar-refractivity contribution in [1.82, 2.24) is 0 Å². The first-order valence-electron chi connectivity index (χ1n) is 5.65. The van der Waals surface area contributed by atoms with E-state index in [2.05, 4.69) is 0 Å². The molecule has 1 unspecified atom stereocenters. The van der Waals surface area contributed by atoms with Crippen molar-refractivity contribution in [2.45, 2.75) is 50.4 Å². The first-order chi connectivity index (χ1) is 7.26. The SMILES string of the molecule is CSCCC1OC2(CCCCC2)OC1=O. The molecule has 1 aliphatic heterocycles. The first-order valence-corrected chi connectivity index (χ1v) is 7.05. The van der Waals surface area contributed by atoms with Gasteiger partial charge in [-0.1, -0.05) is 6.42 Å². The van der Waals surface area contributed by atoms with E-state index < -0.39 is 5.79 Å². The highest BCUT2D eigenvalue weighted by atomic mass is 32.2. The largest absolute Gasteiger partial charge is 0.431 e. The second-order valence-electron chi connectivity index (χ2n) is 4.28. The van der Waals surface area contributed by atoms with Gasteiger partial charge in [0.15, 0.2) is 6.10 Å². The van der Waals surface area contributed by atoms with Crippen molar-refractivity contribution in [3.05, 3.63) is 0 Å². The Morgan fingerprint density at radius 1 is 1.40 bits per heavy atom. The number of thioether (sulfide) groups is 1. The van der Waals surface area contributed by atoms with Crippen LogP contribution in [0.4, 0.5) is 0 Å². The van der Waals surface area contributed by atoms with Crippen LogP contribution >= 0.6 is 11.8 Å². The van der Waals surface area contributed by atoms with Crippen LogP contribution in [-0.2, 0) is 14.3 Å². The topological polar surface area (TPSA) is 35.5 Å². The molecule has 1 atom stereocenters. The predicted octanol–water partition coefficient (Wildman–Crippen LogP) is 2.34. The van der Waals surface area contributed by atoms with E-state index in [1.807, 2.05) is 6.26 Å². The molecule has 86 valence electrons. The molecule has 4 heteroatoms. The van der Waals surface area contributed by atoms with E-state index in [-0.39, 0.29) is 12.1 Å². The summed E-state index contributed by atoms with van der Waals surface area (Å²) < 4.78 is 11.2. The highest BCUT2D eigenvalue weighted by Crippen LogP contribution is 2.39. The summed E-state index contributed by atoms with van der Waals surface area (Å²) in [6.07, 6.45) is 7.74. The molecule has 0 aromatic heterocycles. The quantitative estimate of drug-likeness (QED) is 0.697. The number of ether oxygens (including phenoxy) is 2. The Bertz CT molecular complexity index is 236. The lowest BCUT2D eigenvalue weighted by molar-refractivity contribution is -0.191. The van der Waals surface area contributed by atoms with Gasteiger partial charge in [0.2, 0.25) is 5.79 Å². The van der Waals surface area contributed by atoms with Crippen molar-refractivity contribution >= 4 is 17.7 Å². The fraction of sp³-hybridized carbons (Fsp3) is 0.909. The van der Waals surface area contributed by atoms with Gasteiger partial charge in [0.1, 0.15) is 0 Å². The molecular formula is C11H18O3S. The van der Waals surface area contributed by atoms with Gasteiger partial charge in [0.05, 0.1) is 0 Å². The maximum Gasteiger partial charge on any atom is 0.337 e. The molecule has 2 aliphatic rings. The van der Waals surface area contributed by atoms with Gasteiger partial charge in [-0.2, -0.15) is 11.8 Å². The summed E-state index contributed by atoms with van der Waals surface area (Å²) >= 11 is 1.74. The van der Waals surface area contributed by atoms with Gasteiger partial charge in [0.25, 0.3) is 0 Å². The second-order valence-corrected chi connectivity index (χ2v) is 5.27. The summed E-state index contributed by atoms with van der Waals surface area (Å²) in [6.45, 7) is 0. The molecule has 0 N–H and O–H groups in total. The lowest BCUT2D eigenvalue weighted by Crippen LogP contribution is -2.33. The third-order valence-corrected chi connectivity index (χ3v) is 3.75. The van der Waals surface area contributed by atoms with Crippen molar-refractivity contribution in [3.8, 4) is 0 Å². The molecule has 1 saturated carbocycles. The van der Waals surface area contributed by atoms with Crippen molar-refractivity contribution in [3.63, 3.8) is 0 Å². The van der Waals surface area contributed by atoms with Crippen molar-refractivity contribution in [1.29, 1.82) is 0 Å². The summed E-state index contributed by atoms with van der Waals surface area (Å²) in [5.74, 6) is 0.264. The summed E-state index contributed by atoms with van der Waals surface area (Å²) in [4.78, 5) is 11.6. The number of carbonyl (C=O) groups excluding carboxylic acids is 1. The zero-order valence-corrected chi connectivity index (χ0v) is 9.98. The van der Waals surface area contributed by atoms with Crippen molar-refractivity contribution < 1.29 is 14.3 Å². The molecule has 1 heterocycles. The Kier molecular flexibility index (Phi) is 3.57. The fourth-order valence-electron chi connectivity index (χ4n) is 2.29. The molecule has 3 nitrogen and oxygen atoms in total. The summed E-state index contributed by atoms with van der Waals surface area (Å²) in [5, 5.41) is 0. The highest BCUT2D eigenvalue weighted by Gasteiger charge is 2.47. The minimum atomic E-state index is -0.543. The Hall–Kier alpha value is -0.220. The zero-order valence-electron chi connectivity index (χ0n) is 9.16. The van der Waals surface area contributed by atoms with E-state index in [4.69, 9.17) is 9.47 Å². The minimum Gasteiger partial charge on any atom is -0.431 e. The summed E-state index contributed by atoms with van der Waals surface area (Å²) in [7, 11) is 0. The molecule has 15 heavy (non-hydrogen) atoms. The number of esters is 1. The standard InChI is InChI=1S/C11H18O3S/c1-15-8-5-9-10(12)14-11(13-9)6-3-2-4-7-11/h9H,2-8H2,1H3. The smallest absolute Gasteiger partial charge is 0.337 e. The van der Waals surface area contributed by atoms with E-state index in [0.717, 1.165) is 37.9 Å². The average Bonchev–Trinajstić information content (AvgIpc) is 2.53. The van der Waals surface area contributed by atoms with E-state index in [1.165, 1.54) is 6.42 Å². The molecule has 2 fully saturated rings. The van der Waals surface area contributed by atoms with Crippen LogP contribution in [0.1, 0.15) is 38.5 Å². The zero-order chi connectivity index (χ0) is 10.7. The van der Waals surface area contributed by atoms with E-state index in [9.17, 15) is 4.79 Å². The summed E-state index contributed by atoms with van der Waals surface area (Å²) in [6, 6.07) is 0. The normalized spacial score (nSPS) is 29.4. The summed E-state index contributed by atoms with van der Waals surface area (Å²) in [5.41, 5.74) is 0. The Balaban J connectivity index is 1.92. The fourth-order valence-corrected chi connectivity index (χ4v) is 2.74. The lowest BCUT2D eigenvalue weighted by atomic mass is 9.94. The number of rotatable bonds is 3. The van der Waals surface area contributed by atoms with Crippen molar-refractivity contribution in [2.75, 3.05) is 12.0 Å². The molecule has 1 saturated heterocycles. The van der Waals surface area contributed by atoms with Gasteiger partial charge in [-0.3, -0.25) is 0 Å². The van der Waals surface area contributed by atoms with Crippen LogP contribution in [0.25, 0.3) is 0 Å². The highest BCUT2D eigenvalue weighted by molar-refractivity contribution is 7.98. The Morgan fingerprint density at radius 2 is 2.13 bits per heavy atom. The predicted molar refractivity (Wildman–Crippen MR) is 59.8 cm³/mol. The molecule has 2 rings (SSSR count). The maximum atomic E-state index is 11.6. The molecule has 0 radical (unpaired) electrons. The van der Waals surface area contributed by atoms with Crippen LogP contribution in [-0.4, -0.2) is 29.9 Å². The molecule has 0 bridgehead atoms. The Labute approximate surface area is 94.9 Å². The van der Waals surface area contributed by atoms with Crippen LogP contribution in [0.5, 0.6) is 0 Å². The van der Waals surface area contributed by atoms with Crippen LogP contribution < -0.4 is 0 Å². The van der Waals surface area contributed by atoms with Gasteiger partial charge >= 0.3 is 5.97 Å². The van der Waals surface area contributed by atoms with Crippen LogP contribution in [0, 0.1) is 0 Å². The van der Waals surface area contributed by atoms with Gasteiger partial charge in [-0.05, 0) is 31.3 Å². The molecule has 0 amide bonds.